The Balaban J connectivity index is 2.54. The molecule has 5 heteroatoms. The van der Waals surface area contributed by atoms with Crippen molar-refractivity contribution < 1.29 is 9.90 Å². The quantitative estimate of drug-likeness (QED) is 0.841. The fraction of sp³-hybridized carbons (Fsp3) is 0.294. The number of aromatic nitrogens is 1. The van der Waals surface area contributed by atoms with Crippen LogP contribution in [0.25, 0.3) is 0 Å². The molecule has 0 unspecified atom stereocenters. The first-order valence-corrected chi connectivity index (χ1v) is 7.22. The maximum atomic E-state index is 12.6. The molecule has 116 valence electrons. The van der Waals surface area contributed by atoms with E-state index in [1.165, 1.54) is 4.57 Å². The van der Waals surface area contributed by atoms with Gasteiger partial charge in [0.1, 0.15) is 5.69 Å². The predicted molar refractivity (Wildman–Crippen MR) is 84.9 cm³/mol. The average Bonchev–Trinajstić information content (AvgIpc) is 2.49. The molecular formula is C17H20N2O3. The van der Waals surface area contributed by atoms with E-state index in [2.05, 4.69) is 0 Å². The largest absolute Gasteiger partial charge is 0.396 e. The highest BCUT2D eigenvalue weighted by atomic mass is 16.3. The van der Waals surface area contributed by atoms with Gasteiger partial charge >= 0.3 is 0 Å². The van der Waals surface area contributed by atoms with Gasteiger partial charge < -0.3 is 10.8 Å². The molecule has 2 aromatic rings. The molecule has 1 heterocycles. The van der Waals surface area contributed by atoms with Crippen LogP contribution in [0.3, 0.4) is 0 Å². The minimum atomic E-state index is -0.612. The second-order valence-corrected chi connectivity index (χ2v) is 5.27. The van der Waals surface area contributed by atoms with Crippen LogP contribution < -0.4 is 11.3 Å². The zero-order valence-corrected chi connectivity index (χ0v) is 12.6. The van der Waals surface area contributed by atoms with E-state index >= 15 is 0 Å². The summed E-state index contributed by atoms with van der Waals surface area (Å²) in [6, 6.07) is 11.1. The number of primary amides is 1. The first-order chi connectivity index (χ1) is 10.5. The minimum Gasteiger partial charge on any atom is -0.396 e. The van der Waals surface area contributed by atoms with Crippen molar-refractivity contribution in [3.8, 4) is 0 Å². The summed E-state index contributed by atoms with van der Waals surface area (Å²) in [6.07, 6.45) is 0.986. The highest BCUT2D eigenvalue weighted by Gasteiger charge is 2.16. The number of hydrogen-bond donors (Lipinski definition) is 2. The molecule has 1 aromatic heterocycles. The van der Waals surface area contributed by atoms with Gasteiger partial charge in [0, 0.05) is 12.2 Å². The molecule has 0 radical (unpaired) electrons. The average molecular weight is 300 g/mol. The second kappa shape index (κ2) is 7.04. The summed E-state index contributed by atoms with van der Waals surface area (Å²) in [6.45, 7) is 2.09. The zero-order chi connectivity index (χ0) is 16.1. The number of hydrogen-bond acceptors (Lipinski definition) is 3. The molecule has 0 spiro atoms. The summed E-state index contributed by atoms with van der Waals surface area (Å²) in [5, 5.41) is 8.95. The lowest BCUT2D eigenvalue weighted by molar-refractivity contribution is 0.0990. The molecule has 2 rings (SSSR count). The van der Waals surface area contributed by atoms with Crippen LogP contribution in [0.15, 0.2) is 41.2 Å². The van der Waals surface area contributed by atoms with Gasteiger partial charge in [-0.15, -0.1) is 0 Å². The lowest BCUT2D eigenvalue weighted by atomic mass is 10.1. The van der Waals surface area contributed by atoms with E-state index in [-0.39, 0.29) is 17.9 Å². The van der Waals surface area contributed by atoms with Gasteiger partial charge in [0.15, 0.2) is 0 Å². The Morgan fingerprint density at radius 3 is 2.55 bits per heavy atom. The van der Waals surface area contributed by atoms with Gasteiger partial charge in [0.2, 0.25) is 0 Å². The maximum absolute atomic E-state index is 12.6. The Morgan fingerprint density at radius 2 is 1.95 bits per heavy atom. The highest BCUT2D eigenvalue weighted by Crippen LogP contribution is 2.11. The number of nitrogens with two attached hydrogens (primary N) is 1. The maximum Gasteiger partial charge on any atom is 0.265 e. The van der Waals surface area contributed by atoms with Crippen molar-refractivity contribution in [1.29, 1.82) is 0 Å². The van der Waals surface area contributed by atoms with E-state index in [1.807, 2.05) is 30.3 Å². The van der Waals surface area contributed by atoms with Crippen molar-refractivity contribution in [2.45, 2.75) is 26.3 Å². The summed E-state index contributed by atoms with van der Waals surface area (Å²) in [4.78, 5) is 24.4. The molecule has 0 atom stereocenters. The Kier molecular flexibility index (Phi) is 5.12. The Hall–Kier alpha value is -2.40. The van der Waals surface area contributed by atoms with Crippen molar-refractivity contribution >= 4 is 5.91 Å². The monoisotopic (exact) mass is 300 g/mol. The molecule has 1 aromatic carbocycles. The third kappa shape index (κ3) is 3.43. The zero-order valence-electron chi connectivity index (χ0n) is 12.6. The summed E-state index contributed by atoms with van der Waals surface area (Å²) in [7, 11) is 0. The molecule has 5 nitrogen and oxygen atoms in total. The van der Waals surface area contributed by atoms with Gasteiger partial charge in [0.25, 0.3) is 11.5 Å². The lowest BCUT2D eigenvalue weighted by Crippen LogP contribution is -2.32. The van der Waals surface area contributed by atoms with Crippen LogP contribution in [0.2, 0.25) is 0 Å². The van der Waals surface area contributed by atoms with Crippen LogP contribution >= 0.6 is 0 Å². The normalized spacial score (nSPS) is 10.6. The minimum absolute atomic E-state index is 0.0226. The van der Waals surface area contributed by atoms with Crippen LogP contribution in [0.1, 0.15) is 33.6 Å². The van der Waals surface area contributed by atoms with E-state index in [1.54, 1.807) is 13.0 Å². The van der Waals surface area contributed by atoms with Crippen molar-refractivity contribution in [1.82, 2.24) is 4.57 Å². The molecule has 0 aliphatic rings. The van der Waals surface area contributed by atoms with E-state index < -0.39 is 5.91 Å². The van der Waals surface area contributed by atoms with Crippen LogP contribution in [-0.2, 0) is 13.0 Å². The van der Waals surface area contributed by atoms with E-state index in [0.29, 0.717) is 30.5 Å². The molecule has 0 fully saturated rings. The van der Waals surface area contributed by atoms with Crippen LogP contribution in [0, 0.1) is 6.92 Å². The Morgan fingerprint density at radius 1 is 1.27 bits per heavy atom. The van der Waals surface area contributed by atoms with Crippen LogP contribution in [0.5, 0.6) is 0 Å². The van der Waals surface area contributed by atoms with Gasteiger partial charge in [-0.25, -0.2) is 0 Å². The smallest absolute Gasteiger partial charge is 0.265 e. The topological polar surface area (TPSA) is 85.3 Å². The standard InChI is InChI=1S/C17H20N2O3/c1-12-10-14(8-5-9-20)17(22)19(15(12)16(18)21)11-13-6-3-2-4-7-13/h2-4,6-7,10,20H,5,8-9,11H2,1H3,(H2,18,21). The molecule has 3 N–H and O–H groups in total. The Bertz CT molecular complexity index is 721. The molecule has 1 amide bonds. The Labute approximate surface area is 129 Å². The molecule has 0 saturated heterocycles. The number of aryl methyl sites for hydroxylation is 2. The van der Waals surface area contributed by atoms with Gasteiger partial charge in [-0.2, -0.15) is 0 Å². The molecule has 22 heavy (non-hydrogen) atoms. The number of rotatable bonds is 6. The van der Waals surface area contributed by atoms with Crippen LogP contribution in [-0.4, -0.2) is 22.2 Å². The molecule has 0 aliphatic heterocycles. The summed E-state index contributed by atoms with van der Waals surface area (Å²) in [5.74, 6) is -0.612. The van der Waals surface area contributed by atoms with E-state index in [4.69, 9.17) is 10.8 Å². The van der Waals surface area contributed by atoms with Gasteiger partial charge in [0.05, 0.1) is 6.54 Å². The highest BCUT2D eigenvalue weighted by molar-refractivity contribution is 5.92. The number of pyridine rings is 1. The fourth-order valence-electron chi connectivity index (χ4n) is 2.57. The third-order valence-corrected chi connectivity index (χ3v) is 3.58. The fourth-order valence-corrected chi connectivity index (χ4v) is 2.57. The van der Waals surface area contributed by atoms with Gasteiger partial charge in [-0.05, 0) is 37.0 Å². The SMILES string of the molecule is Cc1cc(CCCO)c(=O)n(Cc2ccccc2)c1C(N)=O. The first kappa shape index (κ1) is 16.0. The molecule has 0 saturated carbocycles. The van der Waals surface area contributed by atoms with Crippen LogP contribution in [0.4, 0.5) is 0 Å². The van der Waals surface area contributed by atoms with Crippen molar-refractivity contribution in [2.75, 3.05) is 6.61 Å². The van der Waals surface area contributed by atoms with Crippen molar-refractivity contribution in [2.24, 2.45) is 5.73 Å². The van der Waals surface area contributed by atoms with Crippen molar-refractivity contribution in [3.05, 3.63) is 69.1 Å². The molecule has 0 aliphatic carbocycles. The summed E-state index contributed by atoms with van der Waals surface area (Å²) < 4.78 is 1.43. The van der Waals surface area contributed by atoms with Gasteiger partial charge in [-0.1, -0.05) is 30.3 Å². The first-order valence-electron chi connectivity index (χ1n) is 7.22. The van der Waals surface area contributed by atoms with E-state index in [9.17, 15) is 9.59 Å². The number of aliphatic hydroxyl groups excluding tert-OH is 1. The third-order valence-electron chi connectivity index (χ3n) is 3.58. The number of carbonyl (C=O) groups is 1. The summed E-state index contributed by atoms with van der Waals surface area (Å²) in [5.41, 5.74) is 7.65. The lowest BCUT2D eigenvalue weighted by Gasteiger charge is -2.15. The number of amides is 1. The number of carbonyl (C=O) groups excluding carboxylic acids is 1. The predicted octanol–water partition coefficient (Wildman–Crippen LogP) is 1.23. The van der Waals surface area contributed by atoms with Crippen molar-refractivity contribution in [3.63, 3.8) is 0 Å². The number of benzene rings is 1. The second-order valence-electron chi connectivity index (χ2n) is 5.27. The number of nitrogens with zero attached hydrogens (tertiary/aromatic N) is 1. The van der Waals surface area contributed by atoms with E-state index in [0.717, 1.165) is 5.56 Å². The summed E-state index contributed by atoms with van der Waals surface area (Å²) >= 11 is 0. The van der Waals surface area contributed by atoms with Gasteiger partial charge in [-0.3, -0.25) is 14.2 Å². The molecular weight excluding hydrogens is 280 g/mol. The molecule has 0 bridgehead atoms. The number of aliphatic hydroxyl groups is 1.